The summed E-state index contributed by atoms with van der Waals surface area (Å²) < 4.78 is 10.2. The quantitative estimate of drug-likeness (QED) is 0.580. The molecule has 0 spiro atoms. The first kappa shape index (κ1) is 15.3. The zero-order chi connectivity index (χ0) is 14.3. The lowest BCUT2D eigenvalue weighted by Gasteiger charge is -2.16. The molecule has 104 valence electrons. The predicted octanol–water partition coefficient (Wildman–Crippen LogP) is 3.62. The van der Waals surface area contributed by atoms with Crippen molar-refractivity contribution in [1.82, 2.24) is 0 Å². The first-order valence-electron chi connectivity index (χ1n) is 6.55. The van der Waals surface area contributed by atoms with Crippen molar-refractivity contribution in [2.45, 2.75) is 33.1 Å². The minimum absolute atomic E-state index is 0.0509. The van der Waals surface area contributed by atoms with Gasteiger partial charge in [-0.05, 0) is 44.0 Å². The molecule has 3 heteroatoms. The molecule has 3 nitrogen and oxygen atoms in total. The monoisotopic (exact) mass is 262 g/mol. The summed E-state index contributed by atoms with van der Waals surface area (Å²) in [6.45, 7) is 6.22. The number of allylic oxidation sites excluding steroid dienone is 2. The van der Waals surface area contributed by atoms with Gasteiger partial charge in [-0.2, -0.15) is 0 Å². The van der Waals surface area contributed by atoms with Crippen molar-refractivity contribution in [3.63, 3.8) is 0 Å². The normalized spacial score (nSPS) is 12.4. The van der Waals surface area contributed by atoms with Crippen LogP contribution >= 0.6 is 0 Å². The van der Waals surface area contributed by atoms with Crippen molar-refractivity contribution in [3.8, 4) is 5.75 Å². The van der Waals surface area contributed by atoms with Crippen molar-refractivity contribution >= 4 is 5.97 Å². The summed E-state index contributed by atoms with van der Waals surface area (Å²) in [6.07, 6.45) is 4.37. The van der Waals surface area contributed by atoms with Crippen molar-refractivity contribution in [2.24, 2.45) is 0 Å². The van der Waals surface area contributed by atoms with Crippen LogP contribution in [-0.4, -0.2) is 19.7 Å². The number of esters is 1. The van der Waals surface area contributed by atoms with Gasteiger partial charge in [0.2, 0.25) is 0 Å². The lowest BCUT2D eigenvalue weighted by atomic mass is 9.91. The Morgan fingerprint density at radius 1 is 1.42 bits per heavy atom. The van der Waals surface area contributed by atoms with Crippen LogP contribution in [0.1, 0.15) is 37.3 Å². The average molecular weight is 262 g/mol. The molecule has 0 amide bonds. The molecule has 0 bridgehead atoms. The van der Waals surface area contributed by atoms with E-state index in [1.165, 1.54) is 0 Å². The number of carbonyl (C=O) groups excluding carboxylic acids is 1. The second-order valence-corrected chi connectivity index (χ2v) is 4.36. The number of ether oxygens (including phenoxy) is 2. The second-order valence-electron chi connectivity index (χ2n) is 4.36. The topological polar surface area (TPSA) is 35.5 Å². The molecule has 1 atom stereocenters. The van der Waals surface area contributed by atoms with E-state index in [-0.39, 0.29) is 11.9 Å². The third-order valence-electron chi connectivity index (χ3n) is 2.99. The van der Waals surface area contributed by atoms with Gasteiger partial charge < -0.3 is 9.47 Å². The molecule has 0 saturated carbocycles. The summed E-state index contributed by atoms with van der Waals surface area (Å²) >= 11 is 0. The Kier molecular flexibility index (Phi) is 6.13. The number of methoxy groups -OCH3 is 1. The Balaban J connectivity index is 2.95. The van der Waals surface area contributed by atoms with Gasteiger partial charge in [0.05, 0.1) is 20.1 Å². The SMILES string of the molecule is CC=C[C@H](CC(=O)OCC)c1ccc(OC)cc1C. The number of benzene rings is 1. The molecule has 0 fully saturated rings. The molecule has 0 saturated heterocycles. The minimum Gasteiger partial charge on any atom is -0.497 e. The largest absolute Gasteiger partial charge is 0.497 e. The zero-order valence-corrected chi connectivity index (χ0v) is 12.1. The van der Waals surface area contributed by atoms with Crippen LogP contribution < -0.4 is 4.74 Å². The standard InChI is InChI=1S/C16H22O3/c1-5-7-13(11-16(17)19-6-2)15-9-8-14(18-4)10-12(15)3/h5,7-10,13H,6,11H2,1-4H3/t13-/m1/s1. The number of hydrogen-bond donors (Lipinski definition) is 0. The maximum Gasteiger partial charge on any atom is 0.306 e. The van der Waals surface area contributed by atoms with E-state index < -0.39 is 0 Å². The molecule has 0 unspecified atom stereocenters. The minimum atomic E-state index is -0.166. The first-order chi connectivity index (χ1) is 9.12. The van der Waals surface area contributed by atoms with E-state index in [0.717, 1.165) is 16.9 Å². The van der Waals surface area contributed by atoms with E-state index in [1.54, 1.807) is 7.11 Å². The zero-order valence-electron chi connectivity index (χ0n) is 12.1. The molecule has 0 heterocycles. The molecule has 1 aromatic rings. The van der Waals surface area contributed by atoms with Crippen molar-refractivity contribution in [3.05, 3.63) is 41.5 Å². The average Bonchev–Trinajstić information content (AvgIpc) is 2.38. The van der Waals surface area contributed by atoms with Crippen molar-refractivity contribution in [2.75, 3.05) is 13.7 Å². The van der Waals surface area contributed by atoms with Crippen LogP contribution in [-0.2, 0) is 9.53 Å². The number of hydrogen-bond acceptors (Lipinski definition) is 3. The van der Waals surface area contributed by atoms with Gasteiger partial charge in [-0.15, -0.1) is 0 Å². The fourth-order valence-corrected chi connectivity index (χ4v) is 2.10. The summed E-state index contributed by atoms with van der Waals surface area (Å²) in [6, 6.07) is 5.92. The van der Waals surface area contributed by atoms with E-state index in [4.69, 9.17) is 9.47 Å². The van der Waals surface area contributed by atoms with Crippen LogP contribution in [0.25, 0.3) is 0 Å². The molecule has 1 aromatic carbocycles. The summed E-state index contributed by atoms with van der Waals surface area (Å²) in [7, 11) is 1.65. The Morgan fingerprint density at radius 2 is 2.16 bits per heavy atom. The number of carbonyl (C=O) groups is 1. The molecular formula is C16H22O3. The smallest absolute Gasteiger partial charge is 0.306 e. The fourth-order valence-electron chi connectivity index (χ4n) is 2.10. The van der Waals surface area contributed by atoms with Crippen LogP contribution in [0, 0.1) is 6.92 Å². The second kappa shape index (κ2) is 7.62. The summed E-state index contributed by atoms with van der Waals surface area (Å²) in [5, 5.41) is 0. The molecule has 0 aliphatic carbocycles. The van der Waals surface area contributed by atoms with Gasteiger partial charge in [-0.25, -0.2) is 0 Å². The van der Waals surface area contributed by atoms with Crippen LogP contribution in [0.3, 0.4) is 0 Å². The molecule has 0 radical (unpaired) electrons. The van der Waals surface area contributed by atoms with Gasteiger partial charge in [0.1, 0.15) is 5.75 Å². The Bertz CT molecular complexity index is 449. The summed E-state index contributed by atoms with van der Waals surface area (Å²) in [5.74, 6) is 0.715. The predicted molar refractivity (Wildman–Crippen MR) is 76.5 cm³/mol. The third kappa shape index (κ3) is 4.43. The molecule has 0 aromatic heterocycles. The molecular weight excluding hydrogens is 240 g/mol. The van der Waals surface area contributed by atoms with Gasteiger partial charge in [-0.3, -0.25) is 4.79 Å². The Morgan fingerprint density at radius 3 is 2.68 bits per heavy atom. The lowest BCUT2D eigenvalue weighted by molar-refractivity contribution is -0.143. The van der Waals surface area contributed by atoms with E-state index in [0.29, 0.717) is 13.0 Å². The van der Waals surface area contributed by atoms with E-state index >= 15 is 0 Å². The van der Waals surface area contributed by atoms with E-state index in [9.17, 15) is 4.79 Å². The highest BCUT2D eigenvalue weighted by molar-refractivity contribution is 5.71. The number of aryl methyl sites for hydroxylation is 1. The summed E-state index contributed by atoms with van der Waals surface area (Å²) in [4.78, 5) is 11.7. The molecule has 1 rings (SSSR count). The van der Waals surface area contributed by atoms with Crippen LogP contribution in [0.15, 0.2) is 30.4 Å². The van der Waals surface area contributed by atoms with Gasteiger partial charge in [0.25, 0.3) is 0 Å². The van der Waals surface area contributed by atoms with Crippen LogP contribution in [0.5, 0.6) is 5.75 Å². The Hall–Kier alpha value is -1.77. The van der Waals surface area contributed by atoms with Crippen molar-refractivity contribution < 1.29 is 14.3 Å². The van der Waals surface area contributed by atoms with Gasteiger partial charge in [-0.1, -0.05) is 18.2 Å². The maximum atomic E-state index is 11.7. The van der Waals surface area contributed by atoms with Crippen molar-refractivity contribution in [1.29, 1.82) is 0 Å². The number of rotatable bonds is 6. The highest BCUT2D eigenvalue weighted by atomic mass is 16.5. The van der Waals surface area contributed by atoms with Crippen LogP contribution in [0.4, 0.5) is 0 Å². The first-order valence-corrected chi connectivity index (χ1v) is 6.55. The fraction of sp³-hybridized carbons (Fsp3) is 0.438. The van der Waals surface area contributed by atoms with Crippen LogP contribution in [0.2, 0.25) is 0 Å². The molecule has 0 N–H and O–H groups in total. The highest BCUT2D eigenvalue weighted by Crippen LogP contribution is 2.28. The van der Waals surface area contributed by atoms with Gasteiger partial charge in [0, 0.05) is 5.92 Å². The lowest BCUT2D eigenvalue weighted by Crippen LogP contribution is -2.10. The van der Waals surface area contributed by atoms with E-state index in [1.807, 2.05) is 51.1 Å². The van der Waals surface area contributed by atoms with Gasteiger partial charge in [0.15, 0.2) is 0 Å². The third-order valence-corrected chi connectivity index (χ3v) is 2.99. The van der Waals surface area contributed by atoms with Gasteiger partial charge >= 0.3 is 5.97 Å². The molecule has 0 aliphatic heterocycles. The summed E-state index contributed by atoms with van der Waals surface area (Å²) in [5.41, 5.74) is 2.25. The maximum absolute atomic E-state index is 11.7. The Labute approximate surface area is 115 Å². The molecule has 19 heavy (non-hydrogen) atoms. The highest BCUT2D eigenvalue weighted by Gasteiger charge is 2.16. The van der Waals surface area contributed by atoms with E-state index in [2.05, 4.69) is 0 Å². The molecule has 0 aliphatic rings.